The maximum atomic E-state index is 16.2. The zero-order valence-electron chi connectivity index (χ0n) is 27.5. The van der Waals surface area contributed by atoms with Gasteiger partial charge in [0, 0.05) is 29.7 Å². The highest BCUT2D eigenvalue weighted by molar-refractivity contribution is 5.92. The number of pyridine rings is 1. The lowest BCUT2D eigenvalue weighted by molar-refractivity contribution is -0.141. The molecule has 252 valence electrons. The fraction of sp³-hybridized carbons (Fsp3) is 0.647. The Morgan fingerprint density at radius 1 is 1.22 bits per heavy atom. The number of fused-ring (bicyclic) bond motifs is 5. The molecule has 3 heterocycles. The highest BCUT2D eigenvalue weighted by Crippen LogP contribution is 2.50. The number of nitrogens with zero attached hydrogens (tertiary/aromatic N) is 2. The fourth-order valence-electron chi connectivity index (χ4n) is 7.09. The summed E-state index contributed by atoms with van der Waals surface area (Å²) in [6.45, 7) is 10.2. The molecular weight excluding hydrogens is 603 g/mol. The average molecular weight is 648 g/mol. The molecule has 1 aromatic heterocycles. The molecule has 46 heavy (non-hydrogen) atoms. The van der Waals surface area contributed by atoms with Gasteiger partial charge in [-0.3, -0.25) is 9.59 Å². The predicted molar refractivity (Wildman–Crippen MR) is 164 cm³/mol. The quantitative estimate of drug-likeness (QED) is 0.403. The minimum absolute atomic E-state index is 0.0331. The van der Waals surface area contributed by atoms with E-state index in [2.05, 4.69) is 10.3 Å². The SMILES string of the molecule is CCC1[C@@H]2CN(C(=O)[C@H](C(C)(C)C)NC(=O)O[C@]3(C)C[C@H]3CCCCC(F)(F)c3c(nc4cc(OC)ccc4c3F)O2)[C@@H]1C(C)=O. The van der Waals surface area contributed by atoms with Gasteiger partial charge in [0.05, 0.1) is 25.2 Å². The van der Waals surface area contributed by atoms with Crippen LogP contribution in [-0.4, -0.2) is 65.1 Å². The summed E-state index contributed by atoms with van der Waals surface area (Å²) in [7, 11) is 1.43. The average Bonchev–Trinajstić information content (AvgIpc) is 3.44. The maximum absolute atomic E-state index is 16.2. The van der Waals surface area contributed by atoms with Crippen molar-refractivity contribution in [3.05, 3.63) is 29.6 Å². The smallest absolute Gasteiger partial charge is 0.408 e. The van der Waals surface area contributed by atoms with Crippen molar-refractivity contribution in [2.75, 3.05) is 13.7 Å². The van der Waals surface area contributed by atoms with Crippen LogP contribution in [0.1, 0.15) is 85.6 Å². The zero-order valence-corrected chi connectivity index (χ0v) is 27.5. The molecule has 2 aliphatic heterocycles. The van der Waals surface area contributed by atoms with E-state index < -0.39 is 76.7 Å². The molecule has 1 N–H and O–H groups in total. The lowest BCUT2D eigenvalue weighted by Gasteiger charge is -2.35. The molecule has 0 spiro atoms. The summed E-state index contributed by atoms with van der Waals surface area (Å²) < 4.78 is 65.6. The molecule has 0 radical (unpaired) electrons. The van der Waals surface area contributed by atoms with Gasteiger partial charge in [-0.2, -0.15) is 0 Å². The van der Waals surface area contributed by atoms with Crippen molar-refractivity contribution in [2.24, 2.45) is 17.3 Å². The molecule has 12 heteroatoms. The van der Waals surface area contributed by atoms with Crippen LogP contribution in [0.4, 0.5) is 18.0 Å². The lowest BCUT2D eigenvalue weighted by Crippen LogP contribution is -2.57. The van der Waals surface area contributed by atoms with Crippen molar-refractivity contribution in [1.82, 2.24) is 15.2 Å². The lowest BCUT2D eigenvalue weighted by atomic mass is 9.85. The van der Waals surface area contributed by atoms with Gasteiger partial charge in [-0.05, 0) is 57.1 Å². The number of carbonyl (C=O) groups excluding carboxylic acids is 3. The van der Waals surface area contributed by atoms with Gasteiger partial charge in [0.15, 0.2) is 5.78 Å². The number of hydrogen-bond donors (Lipinski definition) is 1. The number of Topliss-reactive ketones (excluding diaryl/α,β-unsaturated/α-hetero) is 1. The molecule has 2 amide bonds. The van der Waals surface area contributed by atoms with Gasteiger partial charge in [-0.1, -0.05) is 34.1 Å². The second-order valence-electron chi connectivity index (χ2n) is 14.3. The van der Waals surface area contributed by atoms with E-state index in [9.17, 15) is 14.4 Å². The van der Waals surface area contributed by atoms with Gasteiger partial charge in [0.1, 0.15) is 34.9 Å². The highest BCUT2D eigenvalue weighted by atomic mass is 19.3. The number of carbonyl (C=O) groups is 3. The van der Waals surface area contributed by atoms with Crippen molar-refractivity contribution in [3.8, 4) is 11.6 Å². The van der Waals surface area contributed by atoms with E-state index >= 15 is 13.2 Å². The molecule has 2 aromatic rings. The van der Waals surface area contributed by atoms with Crippen molar-refractivity contribution in [2.45, 2.75) is 110 Å². The van der Waals surface area contributed by atoms with Crippen LogP contribution < -0.4 is 14.8 Å². The van der Waals surface area contributed by atoms with E-state index in [4.69, 9.17) is 14.2 Å². The molecule has 2 bridgehead atoms. The third-order valence-corrected chi connectivity index (χ3v) is 9.84. The molecular formula is C34H44F3N3O6. The number of alkyl halides is 2. The van der Waals surface area contributed by atoms with E-state index in [1.165, 1.54) is 37.1 Å². The summed E-state index contributed by atoms with van der Waals surface area (Å²) in [4.78, 5) is 46.2. The van der Waals surface area contributed by atoms with Crippen LogP contribution in [-0.2, 0) is 20.2 Å². The summed E-state index contributed by atoms with van der Waals surface area (Å²) >= 11 is 0. The first-order valence-corrected chi connectivity index (χ1v) is 16.0. The standard InChI is InChI=1S/C34H44F3N3O6/c1-8-21-24-17-40(27(21)18(2)41)30(42)28(32(3,4)5)39-31(43)46-33(6)16-19(33)11-9-10-14-34(36,37)25-26(35)22-13-12-20(44-7)15-23(22)38-29(25)45-24/h12-13,15,19,21,24,27-28H,8-11,14,16-17H2,1-7H3,(H,39,43)/t19-,21?,24+,27-,28-,33-/m1/s1. The Bertz CT molecular complexity index is 1530. The van der Waals surface area contributed by atoms with Crippen molar-refractivity contribution in [1.29, 1.82) is 0 Å². The maximum Gasteiger partial charge on any atom is 0.408 e. The number of aromatic nitrogens is 1. The Labute approximate surface area is 267 Å². The summed E-state index contributed by atoms with van der Waals surface area (Å²) in [6, 6.07) is 2.23. The van der Waals surface area contributed by atoms with Crippen LogP contribution in [0.25, 0.3) is 10.9 Å². The van der Waals surface area contributed by atoms with Gasteiger partial charge in [0.2, 0.25) is 11.8 Å². The number of methoxy groups -OCH3 is 1. The molecule has 3 aliphatic rings. The van der Waals surface area contributed by atoms with E-state index in [0.29, 0.717) is 31.4 Å². The molecule has 1 unspecified atom stereocenters. The van der Waals surface area contributed by atoms with Gasteiger partial charge < -0.3 is 24.4 Å². The number of rotatable bonds is 3. The Kier molecular flexibility index (Phi) is 8.98. The second kappa shape index (κ2) is 12.2. The Hall–Kier alpha value is -3.57. The Balaban J connectivity index is 1.63. The minimum atomic E-state index is -3.64. The van der Waals surface area contributed by atoms with Crippen molar-refractivity contribution in [3.63, 3.8) is 0 Å². The number of ether oxygens (including phenoxy) is 3. The molecule has 1 saturated heterocycles. The number of ketones is 1. The number of alkyl carbamates (subject to hydrolysis) is 1. The van der Waals surface area contributed by atoms with Gasteiger partial charge in [-0.15, -0.1) is 0 Å². The molecule has 1 saturated carbocycles. The van der Waals surface area contributed by atoms with E-state index in [1.807, 2.05) is 0 Å². The topological polar surface area (TPSA) is 107 Å². The Morgan fingerprint density at radius 3 is 2.57 bits per heavy atom. The van der Waals surface area contributed by atoms with Crippen LogP contribution >= 0.6 is 0 Å². The monoisotopic (exact) mass is 647 g/mol. The molecule has 9 nitrogen and oxygen atoms in total. The third kappa shape index (κ3) is 6.36. The normalized spacial score (nSPS) is 30.2. The van der Waals surface area contributed by atoms with E-state index in [1.54, 1.807) is 34.6 Å². The number of benzene rings is 1. The van der Waals surface area contributed by atoms with Crippen LogP contribution in [0, 0.1) is 23.1 Å². The molecule has 2 fully saturated rings. The first-order chi connectivity index (χ1) is 21.5. The minimum Gasteiger partial charge on any atom is -0.497 e. The summed E-state index contributed by atoms with van der Waals surface area (Å²) in [5.74, 6) is -6.49. The van der Waals surface area contributed by atoms with Crippen LogP contribution in [0.2, 0.25) is 0 Å². The van der Waals surface area contributed by atoms with E-state index in [-0.39, 0.29) is 35.6 Å². The molecule has 6 atom stereocenters. The number of hydrogen-bond acceptors (Lipinski definition) is 7. The molecule has 5 rings (SSSR count). The molecule has 1 aliphatic carbocycles. The van der Waals surface area contributed by atoms with E-state index in [0.717, 1.165) is 0 Å². The van der Waals surface area contributed by atoms with Crippen LogP contribution in [0.15, 0.2) is 18.2 Å². The van der Waals surface area contributed by atoms with Gasteiger partial charge >= 0.3 is 6.09 Å². The highest BCUT2D eigenvalue weighted by Gasteiger charge is 2.55. The largest absolute Gasteiger partial charge is 0.497 e. The fourth-order valence-corrected chi connectivity index (χ4v) is 7.09. The first-order valence-electron chi connectivity index (χ1n) is 16.0. The van der Waals surface area contributed by atoms with Crippen LogP contribution in [0.5, 0.6) is 11.6 Å². The Morgan fingerprint density at radius 2 is 1.93 bits per heavy atom. The number of amides is 2. The zero-order chi connectivity index (χ0) is 33.8. The summed E-state index contributed by atoms with van der Waals surface area (Å²) in [5, 5.41) is 2.66. The first kappa shape index (κ1) is 33.8. The number of halogens is 3. The van der Waals surface area contributed by atoms with Gasteiger partial charge in [-0.25, -0.2) is 22.9 Å². The van der Waals surface area contributed by atoms with Crippen molar-refractivity contribution >= 4 is 28.7 Å². The van der Waals surface area contributed by atoms with Gasteiger partial charge in [0.25, 0.3) is 5.92 Å². The number of nitrogens with one attached hydrogen (secondary N) is 1. The predicted octanol–water partition coefficient (Wildman–Crippen LogP) is 6.54. The summed E-state index contributed by atoms with van der Waals surface area (Å²) in [5.41, 5.74) is -2.43. The van der Waals surface area contributed by atoms with Crippen molar-refractivity contribution < 1.29 is 41.8 Å². The third-order valence-electron chi connectivity index (χ3n) is 9.84. The van der Waals surface area contributed by atoms with Crippen LogP contribution in [0.3, 0.4) is 0 Å². The molecule has 1 aromatic carbocycles. The summed E-state index contributed by atoms with van der Waals surface area (Å²) in [6.07, 6.45) is -0.410. The second-order valence-corrected chi connectivity index (χ2v) is 14.3.